The number of methoxy groups -OCH3 is 1. The lowest BCUT2D eigenvalue weighted by Gasteiger charge is -2.02. The summed E-state index contributed by atoms with van der Waals surface area (Å²) in [4.78, 5) is 4.06. The lowest BCUT2D eigenvalue weighted by atomic mass is 10.3. The number of hydrogen-bond donors (Lipinski definition) is 1. The van der Waals surface area contributed by atoms with Crippen LogP contribution in [0.4, 0.5) is 0 Å². The van der Waals surface area contributed by atoms with Gasteiger partial charge in [-0.05, 0) is 0 Å². The molecule has 0 aliphatic rings. The number of nitrogens with two attached hydrogens (primary N) is 1. The number of ether oxygens (including phenoxy) is 1. The van der Waals surface area contributed by atoms with Gasteiger partial charge in [0.05, 0.1) is 6.61 Å². The zero-order chi connectivity index (χ0) is 8.97. The Hall–Kier alpha value is -0.940. The van der Waals surface area contributed by atoms with Gasteiger partial charge in [-0.15, -0.1) is 0 Å². The van der Waals surface area contributed by atoms with E-state index in [4.69, 9.17) is 15.0 Å². The topological polar surface area (TPSA) is 74.2 Å². The van der Waals surface area contributed by atoms with Gasteiger partial charge in [-0.25, -0.2) is 0 Å². The van der Waals surface area contributed by atoms with E-state index in [9.17, 15) is 0 Å². The van der Waals surface area contributed by atoms with Crippen molar-refractivity contribution in [3.63, 3.8) is 0 Å². The first kappa shape index (κ1) is 9.15. The van der Waals surface area contributed by atoms with Gasteiger partial charge < -0.3 is 15.0 Å². The minimum Gasteiger partial charge on any atom is -0.383 e. The van der Waals surface area contributed by atoms with Crippen molar-refractivity contribution in [2.24, 2.45) is 5.73 Å². The third-order valence-corrected chi connectivity index (χ3v) is 1.46. The molecule has 0 aromatic carbocycles. The van der Waals surface area contributed by atoms with Crippen LogP contribution in [-0.2, 0) is 11.2 Å². The summed E-state index contributed by atoms with van der Waals surface area (Å²) in [6.45, 7) is 2.35. The maximum absolute atomic E-state index is 5.65. The van der Waals surface area contributed by atoms with E-state index in [1.54, 1.807) is 7.11 Å². The van der Waals surface area contributed by atoms with E-state index >= 15 is 0 Å². The molecule has 0 fully saturated rings. The predicted molar refractivity (Wildman–Crippen MR) is 42.5 cm³/mol. The Bertz CT molecular complexity index is 236. The second kappa shape index (κ2) is 4.18. The van der Waals surface area contributed by atoms with Crippen LogP contribution in [0.2, 0.25) is 0 Å². The van der Waals surface area contributed by atoms with E-state index < -0.39 is 0 Å². The van der Waals surface area contributed by atoms with Crippen molar-refractivity contribution >= 4 is 0 Å². The molecule has 1 aromatic rings. The molecule has 0 saturated heterocycles. The summed E-state index contributed by atoms with van der Waals surface area (Å²) in [5, 5.41) is 3.72. The largest absolute Gasteiger partial charge is 0.383 e. The molecule has 0 saturated carbocycles. The Morgan fingerprint density at radius 1 is 1.67 bits per heavy atom. The molecule has 68 valence electrons. The zero-order valence-corrected chi connectivity index (χ0v) is 7.28. The molecule has 0 amide bonds. The summed E-state index contributed by atoms with van der Waals surface area (Å²) < 4.78 is 9.75. The lowest BCUT2D eigenvalue weighted by molar-refractivity contribution is 0.166. The number of rotatable bonds is 4. The summed E-state index contributed by atoms with van der Waals surface area (Å²) >= 11 is 0. The number of nitrogens with zero attached hydrogens (tertiary/aromatic N) is 2. The molecule has 1 rings (SSSR count). The highest BCUT2D eigenvalue weighted by atomic mass is 16.5. The van der Waals surface area contributed by atoms with Gasteiger partial charge in [0, 0.05) is 13.5 Å². The Morgan fingerprint density at radius 2 is 2.42 bits per heavy atom. The first-order valence-corrected chi connectivity index (χ1v) is 3.85. The molecule has 0 spiro atoms. The van der Waals surface area contributed by atoms with Crippen molar-refractivity contribution < 1.29 is 9.26 Å². The molecule has 1 unspecified atom stereocenters. The first-order chi connectivity index (χ1) is 5.77. The van der Waals surface area contributed by atoms with Crippen molar-refractivity contribution in [2.45, 2.75) is 19.4 Å². The van der Waals surface area contributed by atoms with Crippen LogP contribution in [0.5, 0.6) is 0 Å². The van der Waals surface area contributed by atoms with Crippen molar-refractivity contribution in [3.05, 3.63) is 11.7 Å². The Balaban J connectivity index is 2.61. The molecule has 5 heteroatoms. The van der Waals surface area contributed by atoms with Crippen molar-refractivity contribution in [3.8, 4) is 0 Å². The summed E-state index contributed by atoms with van der Waals surface area (Å²) in [5.74, 6) is 1.12. The SMILES string of the molecule is CCc1noc(C(N)COC)n1. The second-order valence-electron chi connectivity index (χ2n) is 2.46. The molecular weight excluding hydrogens is 158 g/mol. The maximum Gasteiger partial charge on any atom is 0.245 e. The van der Waals surface area contributed by atoms with Gasteiger partial charge in [0.25, 0.3) is 0 Å². The fraction of sp³-hybridized carbons (Fsp3) is 0.714. The van der Waals surface area contributed by atoms with Crippen LogP contribution in [0.15, 0.2) is 4.52 Å². The molecule has 5 nitrogen and oxygen atoms in total. The summed E-state index contributed by atoms with van der Waals surface area (Å²) in [7, 11) is 1.58. The molecule has 1 atom stereocenters. The normalized spacial score (nSPS) is 13.2. The highest BCUT2D eigenvalue weighted by Crippen LogP contribution is 2.07. The van der Waals surface area contributed by atoms with Crippen LogP contribution in [0.25, 0.3) is 0 Å². The summed E-state index contributed by atoms with van der Waals surface area (Å²) in [6.07, 6.45) is 0.753. The minimum absolute atomic E-state index is 0.317. The van der Waals surface area contributed by atoms with Crippen LogP contribution >= 0.6 is 0 Å². The lowest BCUT2D eigenvalue weighted by Crippen LogP contribution is -2.16. The van der Waals surface area contributed by atoms with Gasteiger partial charge in [-0.1, -0.05) is 12.1 Å². The van der Waals surface area contributed by atoms with E-state index in [0.717, 1.165) is 6.42 Å². The van der Waals surface area contributed by atoms with Crippen LogP contribution in [-0.4, -0.2) is 23.9 Å². The fourth-order valence-electron chi connectivity index (χ4n) is 0.813. The van der Waals surface area contributed by atoms with Crippen molar-refractivity contribution in [1.29, 1.82) is 0 Å². The third-order valence-electron chi connectivity index (χ3n) is 1.46. The maximum atomic E-state index is 5.65. The van der Waals surface area contributed by atoms with Crippen LogP contribution in [0.3, 0.4) is 0 Å². The van der Waals surface area contributed by atoms with Gasteiger partial charge in [0.15, 0.2) is 5.82 Å². The van der Waals surface area contributed by atoms with E-state index in [2.05, 4.69) is 10.1 Å². The Labute approximate surface area is 70.9 Å². The van der Waals surface area contributed by atoms with Gasteiger partial charge >= 0.3 is 0 Å². The van der Waals surface area contributed by atoms with E-state index in [1.165, 1.54) is 0 Å². The molecular formula is C7H13N3O2. The van der Waals surface area contributed by atoms with Crippen LogP contribution in [0, 0.1) is 0 Å². The minimum atomic E-state index is -0.317. The molecule has 0 bridgehead atoms. The summed E-state index contributed by atoms with van der Waals surface area (Å²) in [5.41, 5.74) is 5.65. The van der Waals surface area contributed by atoms with Gasteiger partial charge in [0.1, 0.15) is 6.04 Å². The van der Waals surface area contributed by atoms with Gasteiger partial charge in [0.2, 0.25) is 5.89 Å². The Kier molecular flexibility index (Phi) is 3.19. The molecule has 2 N–H and O–H groups in total. The molecule has 0 aliphatic carbocycles. The highest BCUT2D eigenvalue weighted by molar-refractivity contribution is 4.91. The fourth-order valence-corrected chi connectivity index (χ4v) is 0.813. The molecule has 0 aliphatic heterocycles. The highest BCUT2D eigenvalue weighted by Gasteiger charge is 2.13. The molecule has 1 heterocycles. The van der Waals surface area contributed by atoms with E-state index in [-0.39, 0.29) is 6.04 Å². The standard InChI is InChI=1S/C7H13N3O2/c1-3-6-9-7(12-10-6)5(8)4-11-2/h5H,3-4,8H2,1-2H3. The van der Waals surface area contributed by atoms with Crippen molar-refractivity contribution in [1.82, 2.24) is 10.1 Å². The molecule has 1 aromatic heterocycles. The van der Waals surface area contributed by atoms with Crippen LogP contribution in [0.1, 0.15) is 24.7 Å². The van der Waals surface area contributed by atoms with Gasteiger partial charge in [-0.3, -0.25) is 0 Å². The number of aryl methyl sites for hydroxylation is 1. The number of hydrogen-bond acceptors (Lipinski definition) is 5. The smallest absolute Gasteiger partial charge is 0.245 e. The second-order valence-corrected chi connectivity index (χ2v) is 2.46. The summed E-state index contributed by atoms with van der Waals surface area (Å²) in [6, 6.07) is -0.317. The van der Waals surface area contributed by atoms with E-state index in [1.807, 2.05) is 6.92 Å². The third kappa shape index (κ3) is 2.02. The average molecular weight is 171 g/mol. The first-order valence-electron chi connectivity index (χ1n) is 3.85. The monoisotopic (exact) mass is 171 g/mol. The number of aromatic nitrogens is 2. The van der Waals surface area contributed by atoms with Gasteiger partial charge in [-0.2, -0.15) is 4.98 Å². The predicted octanol–water partition coefficient (Wildman–Crippen LogP) is 0.278. The van der Waals surface area contributed by atoms with Crippen LogP contribution < -0.4 is 5.73 Å². The Morgan fingerprint density at radius 3 is 2.92 bits per heavy atom. The molecule has 0 radical (unpaired) electrons. The van der Waals surface area contributed by atoms with Crippen molar-refractivity contribution in [2.75, 3.05) is 13.7 Å². The molecule has 12 heavy (non-hydrogen) atoms. The zero-order valence-electron chi connectivity index (χ0n) is 7.28. The van der Waals surface area contributed by atoms with E-state index in [0.29, 0.717) is 18.3 Å². The quantitative estimate of drug-likeness (QED) is 0.704. The average Bonchev–Trinajstić information content (AvgIpc) is 2.52.